The Bertz CT molecular complexity index is 979. The molecule has 0 saturated carbocycles. The van der Waals surface area contributed by atoms with Gasteiger partial charge in [-0.25, -0.2) is 0 Å². The number of carbonyl (C=O) groups excluding carboxylic acids is 1. The maximum absolute atomic E-state index is 12.4. The van der Waals surface area contributed by atoms with Gasteiger partial charge >= 0.3 is 0 Å². The summed E-state index contributed by atoms with van der Waals surface area (Å²) < 4.78 is 21.3. The fourth-order valence-electron chi connectivity index (χ4n) is 2.76. The Balaban J connectivity index is 1.73. The summed E-state index contributed by atoms with van der Waals surface area (Å²) in [6, 6.07) is 13.4. The lowest BCUT2D eigenvalue weighted by molar-refractivity contribution is 0.0995. The number of furan rings is 1. The quantitative estimate of drug-likeness (QED) is 0.644. The molecule has 146 valence electrons. The summed E-state index contributed by atoms with van der Waals surface area (Å²) in [6.07, 6.45) is 0.441. The van der Waals surface area contributed by atoms with Gasteiger partial charge in [-0.2, -0.15) is 0 Å². The maximum Gasteiger partial charge on any atom is 0.291 e. The molecule has 0 aliphatic heterocycles. The standard InChI is InChI=1S/C21H21NO6/c1-25-15-5-8-18(26-2)13(10-15)11-16-6-9-20(28-16)21(24)22-14-4-7-19(27-3)17(23)12-14/h4-10,12,23H,11H2,1-3H3,(H,22,24). The molecule has 0 atom stereocenters. The average Bonchev–Trinajstić information content (AvgIpc) is 3.16. The molecule has 0 bridgehead atoms. The first-order valence-corrected chi connectivity index (χ1v) is 8.52. The fourth-order valence-corrected chi connectivity index (χ4v) is 2.76. The van der Waals surface area contributed by atoms with Crippen molar-refractivity contribution in [3.8, 4) is 23.0 Å². The predicted molar refractivity (Wildman–Crippen MR) is 104 cm³/mol. The van der Waals surface area contributed by atoms with Crippen molar-refractivity contribution in [3.63, 3.8) is 0 Å². The number of hydrogen-bond donors (Lipinski definition) is 2. The zero-order chi connectivity index (χ0) is 20.1. The van der Waals surface area contributed by atoms with Crippen molar-refractivity contribution in [1.29, 1.82) is 0 Å². The number of aromatic hydroxyl groups is 1. The van der Waals surface area contributed by atoms with Gasteiger partial charge in [0.05, 0.1) is 21.3 Å². The largest absolute Gasteiger partial charge is 0.504 e. The summed E-state index contributed by atoms with van der Waals surface area (Å²) in [6.45, 7) is 0. The molecular formula is C21H21NO6. The number of carbonyl (C=O) groups is 1. The van der Waals surface area contributed by atoms with Gasteiger partial charge in [0.2, 0.25) is 0 Å². The molecular weight excluding hydrogens is 362 g/mol. The molecule has 1 amide bonds. The lowest BCUT2D eigenvalue weighted by atomic mass is 10.1. The molecule has 1 heterocycles. The fraction of sp³-hybridized carbons (Fsp3) is 0.190. The van der Waals surface area contributed by atoms with Crippen molar-refractivity contribution >= 4 is 11.6 Å². The van der Waals surface area contributed by atoms with Crippen LogP contribution in [0.5, 0.6) is 23.0 Å². The monoisotopic (exact) mass is 383 g/mol. The number of nitrogens with one attached hydrogen (secondary N) is 1. The molecule has 0 unspecified atom stereocenters. The first-order chi connectivity index (χ1) is 13.5. The van der Waals surface area contributed by atoms with Crippen LogP contribution in [0.15, 0.2) is 52.9 Å². The average molecular weight is 383 g/mol. The number of rotatable bonds is 7. The van der Waals surface area contributed by atoms with Crippen LogP contribution in [0.25, 0.3) is 0 Å². The molecule has 0 aliphatic rings. The van der Waals surface area contributed by atoms with Crippen LogP contribution in [0, 0.1) is 0 Å². The third-order valence-electron chi connectivity index (χ3n) is 4.17. The molecule has 0 radical (unpaired) electrons. The van der Waals surface area contributed by atoms with Crippen molar-refractivity contribution in [1.82, 2.24) is 0 Å². The Labute approximate surface area is 162 Å². The van der Waals surface area contributed by atoms with Crippen molar-refractivity contribution < 1.29 is 28.5 Å². The van der Waals surface area contributed by atoms with Gasteiger partial charge < -0.3 is 29.1 Å². The molecule has 2 aromatic carbocycles. The minimum atomic E-state index is -0.423. The van der Waals surface area contributed by atoms with Crippen LogP contribution in [0.4, 0.5) is 5.69 Å². The summed E-state index contributed by atoms with van der Waals surface area (Å²) in [5.74, 6) is 2.02. The van der Waals surface area contributed by atoms with E-state index in [1.807, 2.05) is 18.2 Å². The zero-order valence-corrected chi connectivity index (χ0v) is 15.8. The van der Waals surface area contributed by atoms with Crippen molar-refractivity contribution in [2.24, 2.45) is 0 Å². The highest BCUT2D eigenvalue weighted by Crippen LogP contribution is 2.29. The normalized spacial score (nSPS) is 10.4. The lowest BCUT2D eigenvalue weighted by Gasteiger charge is -2.09. The van der Waals surface area contributed by atoms with Gasteiger partial charge in [-0.15, -0.1) is 0 Å². The van der Waals surface area contributed by atoms with E-state index in [4.69, 9.17) is 18.6 Å². The van der Waals surface area contributed by atoms with E-state index in [9.17, 15) is 9.90 Å². The summed E-state index contributed by atoms with van der Waals surface area (Å²) in [5, 5.41) is 12.5. The number of phenols is 1. The summed E-state index contributed by atoms with van der Waals surface area (Å²) in [7, 11) is 4.64. The second kappa shape index (κ2) is 8.39. The van der Waals surface area contributed by atoms with Gasteiger partial charge in [0.1, 0.15) is 17.3 Å². The summed E-state index contributed by atoms with van der Waals surface area (Å²) in [5.41, 5.74) is 1.30. The molecule has 3 aromatic rings. The molecule has 7 nitrogen and oxygen atoms in total. The van der Waals surface area contributed by atoms with E-state index in [0.29, 0.717) is 35.1 Å². The molecule has 7 heteroatoms. The first kappa shape index (κ1) is 19.2. The lowest BCUT2D eigenvalue weighted by Crippen LogP contribution is -2.10. The number of phenolic OH excluding ortho intramolecular Hbond substituents is 1. The molecule has 0 fully saturated rings. The van der Waals surface area contributed by atoms with E-state index < -0.39 is 5.91 Å². The van der Waals surface area contributed by atoms with Gasteiger partial charge in [-0.1, -0.05) is 0 Å². The summed E-state index contributed by atoms with van der Waals surface area (Å²) >= 11 is 0. The topological polar surface area (TPSA) is 90.2 Å². The molecule has 0 aliphatic carbocycles. The summed E-state index contributed by atoms with van der Waals surface area (Å²) in [4.78, 5) is 12.4. The Hall–Kier alpha value is -3.61. The van der Waals surface area contributed by atoms with E-state index in [0.717, 1.165) is 5.56 Å². The minimum Gasteiger partial charge on any atom is -0.504 e. The van der Waals surface area contributed by atoms with E-state index in [1.54, 1.807) is 38.5 Å². The van der Waals surface area contributed by atoms with Gasteiger partial charge in [0, 0.05) is 23.7 Å². The van der Waals surface area contributed by atoms with Crippen LogP contribution in [0.3, 0.4) is 0 Å². The second-order valence-electron chi connectivity index (χ2n) is 5.96. The Morgan fingerprint density at radius 1 is 0.964 bits per heavy atom. The van der Waals surface area contributed by atoms with Crippen LogP contribution in [0.2, 0.25) is 0 Å². The molecule has 3 rings (SSSR count). The molecule has 2 N–H and O–H groups in total. The SMILES string of the molecule is COc1ccc(OC)c(Cc2ccc(C(=O)Nc3ccc(OC)c(O)c3)o2)c1. The van der Waals surface area contributed by atoms with Gasteiger partial charge in [-0.05, 0) is 42.5 Å². The van der Waals surface area contributed by atoms with E-state index >= 15 is 0 Å². The van der Waals surface area contributed by atoms with Crippen LogP contribution in [0.1, 0.15) is 21.9 Å². The van der Waals surface area contributed by atoms with E-state index in [-0.39, 0.29) is 11.5 Å². The number of amides is 1. The van der Waals surface area contributed by atoms with Crippen LogP contribution < -0.4 is 19.5 Å². The number of ether oxygens (including phenoxy) is 3. The second-order valence-corrected chi connectivity index (χ2v) is 5.96. The predicted octanol–water partition coefficient (Wildman–Crippen LogP) is 3.85. The van der Waals surface area contributed by atoms with Crippen LogP contribution in [-0.2, 0) is 6.42 Å². The molecule has 0 saturated heterocycles. The molecule has 0 spiro atoms. The number of methoxy groups -OCH3 is 3. The molecule has 1 aromatic heterocycles. The zero-order valence-electron chi connectivity index (χ0n) is 15.8. The van der Waals surface area contributed by atoms with E-state index in [2.05, 4.69) is 5.32 Å². The highest BCUT2D eigenvalue weighted by Gasteiger charge is 2.14. The Morgan fingerprint density at radius 2 is 1.71 bits per heavy atom. The van der Waals surface area contributed by atoms with Crippen LogP contribution in [-0.4, -0.2) is 32.3 Å². The van der Waals surface area contributed by atoms with E-state index in [1.165, 1.54) is 13.2 Å². The third kappa shape index (κ3) is 4.20. The number of benzene rings is 2. The Kier molecular flexibility index (Phi) is 5.74. The van der Waals surface area contributed by atoms with Crippen LogP contribution >= 0.6 is 0 Å². The highest BCUT2D eigenvalue weighted by molar-refractivity contribution is 6.02. The smallest absolute Gasteiger partial charge is 0.291 e. The highest BCUT2D eigenvalue weighted by atomic mass is 16.5. The van der Waals surface area contributed by atoms with Gasteiger partial charge in [0.15, 0.2) is 17.3 Å². The number of hydrogen-bond acceptors (Lipinski definition) is 6. The van der Waals surface area contributed by atoms with Crippen molar-refractivity contribution in [3.05, 3.63) is 65.6 Å². The van der Waals surface area contributed by atoms with Gasteiger partial charge in [0.25, 0.3) is 5.91 Å². The Morgan fingerprint density at radius 3 is 2.39 bits per heavy atom. The van der Waals surface area contributed by atoms with Crippen molar-refractivity contribution in [2.45, 2.75) is 6.42 Å². The first-order valence-electron chi connectivity index (χ1n) is 8.52. The third-order valence-corrected chi connectivity index (χ3v) is 4.17. The van der Waals surface area contributed by atoms with Gasteiger partial charge in [-0.3, -0.25) is 4.79 Å². The maximum atomic E-state index is 12.4. The van der Waals surface area contributed by atoms with Crippen molar-refractivity contribution in [2.75, 3.05) is 26.6 Å². The minimum absolute atomic E-state index is 0.0643. The number of anilines is 1. The molecule has 28 heavy (non-hydrogen) atoms.